The van der Waals surface area contributed by atoms with Crippen molar-refractivity contribution in [3.8, 4) is 0 Å². The van der Waals surface area contributed by atoms with Crippen LogP contribution in [-0.2, 0) is 11.3 Å². The van der Waals surface area contributed by atoms with Gasteiger partial charge in [0, 0.05) is 0 Å². The molecule has 1 heterocycles. The Labute approximate surface area is 144 Å². The number of carbonyl (C=O) groups is 1. The molecular weight excluding hydrogens is 339 g/mol. The number of benzene rings is 1. The molecule has 1 aromatic carbocycles. The smallest absolute Gasteiger partial charge is 0.279 e. The molecule has 2 rings (SSSR count). The molecule has 6 heteroatoms. The summed E-state index contributed by atoms with van der Waals surface area (Å²) >= 11 is 14.0. The monoisotopic (exact) mass is 357 g/mol. The lowest BCUT2D eigenvalue weighted by Crippen LogP contribution is -3.08. The van der Waals surface area contributed by atoms with E-state index in [0.717, 1.165) is 17.0 Å². The van der Waals surface area contributed by atoms with Gasteiger partial charge in [-0.25, -0.2) is 0 Å². The van der Waals surface area contributed by atoms with Gasteiger partial charge < -0.3 is 10.2 Å². The van der Waals surface area contributed by atoms with Crippen molar-refractivity contribution in [3.63, 3.8) is 0 Å². The summed E-state index contributed by atoms with van der Waals surface area (Å²) in [5, 5.41) is 5.85. The predicted molar refractivity (Wildman–Crippen MR) is 94.3 cm³/mol. The number of rotatable bonds is 5. The van der Waals surface area contributed by atoms with Crippen molar-refractivity contribution in [1.29, 1.82) is 0 Å². The van der Waals surface area contributed by atoms with Gasteiger partial charge in [0.25, 0.3) is 5.91 Å². The van der Waals surface area contributed by atoms with Crippen LogP contribution in [0.5, 0.6) is 0 Å². The first-order chi connectivity index (χ1) is 10.4. The molecule has 1 amide bonds. The third-order valence-corrected chi connectivity index (χ3v) is 5.27. The molecule has 3 nitrogen and oxygen atoms in total. The number of nitrogens with one attached hydrogen (secondary N) is 2. The normalized spacial score (nSPS) is 12.2. The standard InChI is InChI=1S/C16H18Cl2N2OS/c1-10-6-7-22-13(10)8-20(3)9-14(21)19-16-12(17)5-4-11(2)15(16)18/h4-7H,8-9H2,1-3H3,(H,19,21)/p+1. The van der Waals surface area contributed by atoms with Crippen molar-refractivity contribution in [1.82, 2.24) is 0 Å². The number of carbonyl (C=O) groups excluding carboxylic acids is 1. The topological polar surface area (TPSA) is 33.5 Å². The molecule has 0 aliphatic rings. The highest BCUT2D eigenvalue weighted by molar-refractivity contribution is 7.10. The summed E-state index contributed by atoms with van der Waals surface area (Å²) in [5.74, 6) is -0.0962. The third-order valence-electron chi connectivity index (χ3n) is 3.44. The maximum Gasteiger partial charge on any atom is 0.279 e. The number of halogens is 2. The van der Waals surface area contributed by atoms with Crippen LogP contribution in [0.1, 0.15) is 16.0 Å². The van der Waals surface area contributed by atoms with Crippen LogP contribution in [0.25, 0.3) is 0 Å². The molecule has 22 heavy (non-hydrogen) atoms. The molecule has 1 unspecified atom stereocenters. The Morgan fingerprint density at radius 1 is 1.23 bits per heavy atom. The number of aryl methyl sites for hydroxylation is 2. The Hall–Kier alpha value is -1.07. The molecule has 2 aromatic rings. The largest absolute Gasteiger partial charge is 0.325 e. The van der Waals surface area contributed by atoms with Crippen molar-refractivity contribution < 1.29 is 9.69 Å². The van der Waals surface area contributed by atoms with Gasteiger partial charge >= 0.3 is 0 Å². The molecule has 2 N–H and O–H groups in total. The Bertz CT molecular complexity index is 685. The van der Waals surface area contributed by atoms with Gasteiger partial charge in [0.1, 0.15) is 6.54 Å². The maximum atomic E-state index is 12.2. The van der Waals surface area contributed by atoms with Crippen molar-refractivity contribution in [2.24, 2.45) is 0 Å². The quantitative estimate of drug-likeness (QED) is 0.845. The van der Waals surface area contributed by atoms with Crippen LogP contribution in [-0.4, -0.2) is 19.5 Å². The summed E-state index contributed by atoms with van der Waals surface area (Å²) in [6, 6.07) is 5.67. The molecule has 0 spiro atoms. The highest BCUT2D eigenvalue weighted by Gasteiger charge is 2.16. The SMILES string of the molecule is Cc1ccsc1C[NH+](C)CC(=O)Nc1c(Cl)ccc(C)c1Cl. The first-order valence-corrected chi connectivity index (χ1v) is 8.60. The van der Waals surface area contributed by atoms with E-state index in [2.05, 4.69) is 23.7 Å². The van der Waals surface area contributed by atoms with Crippen LogP contribution in [0.4, 0.5) is 5.69 Å². The molecule has 0 fully saturated rings. The highest BCUT2D eigenvalue weighted by Crippen LogP contribution is 2.32. The van der Waals surface area contributed by atoms with Crippen LogP contribution in [0.15, 0.2) is 23.6 Å². The van der Waals surface area contributed by atoms with Gasteiger partial charge in [0.15, 0.2) is 6.54 Å². The zero-order valence-corrected chi connectivity index (χ0v) is 15.1. The van der Waals surface area contributed by atoms with Gasteiger partial charge in [0.2, 0.25) is 0 Å². The first-order valence-electron chi connectivity index (χ1n) is 6.97. The average molecular weight is 358 g/mol. The van der Waals surface area contributed by atoms with E-state index in [9.17, 15) is 4.79 Å². The van der Waals surface area contributed by atoms with E-state index in [-0.39, 0.29) is 5.91 Å². The van der Waals surface area contributed by atoms with Crippen molar-refractivity contribution in [2.45, 2.75) is 20.4 Å². The predicted octanol–water partition coefficient (Wildman–Crippen LogP) is 3.33. The van der Waals surface area contributed by atoms with Gasteiger partial charge in [-0.15, -0.1) is 11.3 Å². The van der Waals surface area contributed by atoms with E-state index in [1.54, 1.807) is 17.4 Å². The second kappa shape index (κ2) is 7.47. The van der Waals surface area contributed by atoms with E-state index in [4.69, 9.17) is 23.2 Å². The number of thiophene rings is 1. The van der Waals surface area contributed by atoms with Crippen LogP contribution >= 0.6 is 34.5 Å². The summed E-state index contributed by atoms with van der Waals surface area (Å²) in [4.78, 5) is 14.6. The fourth-order valence-corrected chi connectivity index (χ4v) is 3.64. The Morgan fingerprint density at radius 3 is 2.59 bits per heavy atom. The van der Waals surface area contributed by atoms with Crippen LogP contribution < -0.4 is 10.2 Å². The van der Waals surface area contributed by atoms with E-state index in [1.165, 1.54) is 10.4 Å². The maximum absolute atomic E-state index is 12.2. The van der Waals surface area contributed by atoms with Gasteiger partial charge in [0.05, 0.1) is 27.7 Å². The van der Waals surface area contributed by atoms with E-state index < -0.39 is 0 Å². The summed E-state index contributed by atoms with van der Waals surface area (Å²) in [5.41, 5.74) is 2.65. The molecule has 0 bridgehead atoms. The molecule has 0 aliphatic heterocycles. The van der Waals surface area contributed by atoms with E-state index in [1.807, 2.05) is 20.0 Å². The number of anilines is 1. The molecule has 0 saturated heterocycles. The molecule has 1 aromatic heterocycles. The summed E-state index contributed by atoms with van der Waals surface area (Å²) in [6.07, 6.45) is 0. The van der Waals surface area contributed by atoms with Crippen molar-refractivity contribution in [2.75, 3.05) is 18.9 Å². The third kappa shape index (κ3) is 4.23. The first kappa shape index (κ1) is 17.3. The van der Waals surface area contributed by atoms with Gasteiger partial charge in [-0.3, -0.25) is 4.79 Å². The van der Waals surface area contributed by atoms with Crippen molar-refractivity contribution in [3.05, 3.63) is 49.6 Å². The Kier molecular flexibility index (Phi) is 5.87. The van der Waals surface area contributed by atoms with E-state index in [0.29, 0.717) is 22.3 Å². The minimum Gasteiger partial charge on any atom is -0.325 e. The second-order valence-electron chi connectivity index (χ2n) is 5.44. The van der Waals surface area contributed by atoms with Crippen LogP contribution in [0.2, 0.25) is 10.0 Å². The lowest BCUT2D eigenvalue weighted by atomic mass is 10.2. The molecule has 118 valence electrons. The number of hydrogen-bond acceptors (Lipinski definition) is 2. The van der Waals surface area contributed by atoms with Gasteiger partial charge in [-0.05, 0) is 42.5 Å². The van der Waals surface area contributed by atoms with Crippen molar-refractivity contribution >= 4 is 46.1 Å². The number of quaternary nitrogens is 1. The van der Waals surface area contributed by atoms with Crippen LogP contribution in [0.3, 0.4) is 0 Å². The summed E-state index contributed by atoms with van der Waals surface area (Å²) in [7, 11) is 2.00. The van der Waals surface area contributed by atoms with Gasteiger partial charge in [-0.1, -0.05) is 29.3 Å². The molecule has 1 atom stereocenters. The van der Waals surface area contributed by atoms with Crippen LogP contribution in [0, 0.1) is 13.8 Å². The summed E-state index contributed by atoms with van der Waals surface area (Å²) in [6.45, 7) is 5.15. The van der Waals surface area contributed by atoms with E-state index >= 15 is 0 Å². The zero-order chi connectivity index (χ0) is 16.3. The number of hydrogen-bond donors (Lipinski definition) is 2. The van der Waals surface area contributed by atoms with Gasteiger partial charge in [-0.2, -0.15) is 0 Å². The number of likely N-dealkylation sites (N-methyl/N-ethyl adjacent to an activating group) is 1. The molecule has 0 aliphatic carbocycles. The Balaban J connectivity index is 1.99. The minimum absolute atomic E-state index is 0.0962. The average Bonchev–Trinajstić information content (AvgIpc) is 2.84. The molecule has 0 saturated carbocycles. The molecule has 0 radical (unpaired) electrons. The Morgan fingerprint density at radius 2 is 1.95 bits per heavy atom. The lowest BCUT2D eigenvalue weighted by Gasteiger charge is -2.15. The highest BCUT2D eigenvalue weighted by atomic mass is 35.5. The molecular formula is C16H19Cl2N2OS+. The number of amides is 1. The minimum atomic E-state index is -0.0962. The fourth-order valence-electron chi connectivity index (χ4n) is 2.15. The fraction of sp³-hybridized carbons (Fsp3) is 0.312. The summed E-state index contributed by atoms with van der Waals surface area (Å²) < 4.78 is 0. The zero-order valence-electron chi connectivity index (χ0n) is 12.8. The lowest BCUT2D eigenvalue weighted by molar-refractivity contribution is -0.884. The second-order valence-corrected chi connectivity index (χ2v) is 7.22.